The van der Waals surface area contributed by atoms with Gasteiger partial charge in [0.05, 0.1) is 16.4 Å². The Morgan fingerprint density at radius 3 is 2.72 bits per heavy atom. The van der Waals surface area contributed by atoms with E-state index in [4.69, 9.17) is 17.3 Å². The predicted octanol–water partition coefficient (Wildman–Crippen LogP) is 4.88. The Morgan fingerprint density at radius 1 is 1.33 bits per heavy atom. The number of aryl methyl sites for hydroxylation is 1. The van der Waals surface area contributed by atoms with Crippen LogP contribution in [-0.4, -0.2) is 0 Å². The number of nitrogen functional groups attached to an aromatic ring is 1. The number of benzene rings is 2. The molecule has 0 fully saturated rings. The van der Waals surface area contributed by atoms with E-state index in [1.54, 1.807) is 24.3 Å². The van der Waals surface area contributed by atoms with E-state index < -0.39 is 0 Å². The van der Waals surface area contributed by atoms with Gasteiger partial charge in [-0.2, -0.15) is 0 Å². The fraction of sp³-hybridized carbons (Fsp3) is 0.0769. The van der Waals surface area contributed by atoms with E-state index in [-0.39, 0.29) is 5.82 Å². The number of hydrogen-bond acceptors (Lipinski definition) is 2. The first kappa shape index (κ1) is 13.2. The van der Waals surface area contributed by atoms with E-state index in [2.05, 4.69) is 21.2 Å². The van der Waals surface area contributed by atoms with Gasteiger partial charge in [-0.25, -0.2) is 4.39 Å². The average molecular weight is 330 g/mol. The summed E-state index contributed by atoms with van der Waals surface area (Å²) < 4.78 is 14.3. The van der Waals surface area contributed by atoms with Crippen LogP contribution in [0.4, 0.5) is 21.5 Å². The van der Waals surface area contributed by atoms with Crippen molar-refractivity contribution in [3.63, 3.8) is 0 Å². The van der Waals surface area contributed by atoms with Gasteiger partial charge in [0.25, 0.3) is 0 Å². The molecule has 2 aromatic rings. The van der Waals surface area contributed by atoms with Crippen molar-refractivity contribution in [1.29, 1.82) is 0 Å². The molecule has 2 nitrogen and oxygen atoms in total. The second-order valence-corrected chi connectivity index (χ2v) is 5.17. The molecule has 2 aromatic carbocycles. The van der Waals surface area contributed by atoms with Gasteiger partial charge in [0.2, 0.25) is 0 Å². The molecule has 0 aliphatic rings. The van der Waals surface area contributed by atoms with Gasteiger partial charge in [0.15, 0.2) is 0 Å². The standard InChI is InChI=1S/C13H11BrClFN2/c1-7-5-11(17)9(15)6-12(7)18-13-8(14)3-2-4-10(13)16/h2-6,18H,17H2,1H3. The first-order chi connectivity index (χ1) is 8.49. The fourth-order valence-corrected chi connectivity index (χ4v) is 2.20. The minimum atomic E-state index is -0.336. The van der Waals surface area contributed by atoms with Crippen molar-refractivity contribution in [1.82, 2.24) is 0 Å². The molecule has 0 saturated heterocycles. The van der Waals surface area contributed by atoms with E-state index in [1.165, 1.54) is 6.07 Å². The summed E-state index contributed by atoms with van der Waals surface area (Å²) in [4.78, 5) is 0. The lowest BCUT2D eigenvalue weighted by molar-refractivity contribution is 0.631. The highest BCUT2D eigenvalue weighted by molar-refractivity contribution is 9.10. The Labute approximate surface area is 118 Å². The van der Waals surface area contributed by atoms with E-state index in [0.29, 0.717) is 20.9 Å². The number of nitrogens with one attached hydrogen (secondary N) is 1. The zero-order chi connectivity index (χ0) is 13.3. The van der Waals surface area contributed by atoms with Crippen LogP contribution >= 0.6 is 27.5 Å². The summed E-state index contributed by atoms with van der Waals surface area (Å²) in [6, 6.07) is 8.22. The summed E-state index contributed by atoms with van der Waals surface area (Å²) in [6.45, 7) is 1.88. The van der Waals surface area contributed by atoms with Crippen molar-refractivity contribution in [2.75, 3.05) is 11.1 Å². The summed E-state index contributed by atoms with van der Waals surface area (Å²) in [5.41, 5.74) is 8.20. The molecule has 0 atom stereocenters. The van der Waals surface area contributed by atoms with Crippen LogP contribution in [0.15, 0.2) is 34.8 Å². The Kier molecular flexibility index (Phi) is 3.78. The SMILES string of the molecule is Cc1cc(N)c(Cl)cc1Nc1c(F)cccc1Br. The van der Waals surface area contributed by atoms with E-state index >= 15 is 0 Å². The smallest absolute Gasteiger partial charge is 0.147 e. The molecule has 5 heteroatoms. The van der Waals surface area contributed by atoms with Crippen molar-refractivity contribution in [3.05, 3.63) is 51.2 Å². The van der Waals surface area contributed by atoms with Crippen LogP contribution in [0.2, 0.25) is 5.02 Å². The molecule has 2 rings (SSSR count). The molecule has 0 aliphatic heterocycles. The van der Waals surface area contributed by atoms with Crippen molar-refractivity contribution < 1.29 is 4.39 Å². The van der Waals surface area contributed by atoms with Crippen LogP contribution in [0.1, 0.15) is 5.56 Å². The van der Waals surface area contributed by atoms with Gasteiger partial charge >= 0.3 is 0 Å². The zero-order valence-corrected chi connectivity index (χ0v) is 11.9. The normalized spacial score (nSPS) is 10.4. The molecular formula is C13H11BrClFN2. The number of hydrogen-bond donors (Lipinski definition) is 2. The Balaban J connectivity index is 2.43. The molecule has 0 saturated carbocycles. The van der Waals surface area contributed by atoms with Crippen LogP contribution in [0.3, 0.4) is 0 Å². The van der Waals surface area contributed by atoms with E-state index in [0.717, 1.165) is 11.3 Å². The third-order valence-electron chi connectivity index (χ3n) is 2.57. The van der Waals surface area contributed by atoms with Gasteiger partial charge in [0.1, 0.15) is 5.82 Å². The van der Waals surface area contributed by atoms with Crippen molar-refractivity contribution >= 4 is 44.6 Å². The highest BCUT2D eigenvalue weighted by Gasteiger charge is 2.09. The highest BCUT2D eigenvalue weighted by Crippen LogP contribution is 2.33. The third-order valence-corrected chi connectivity index (χ3v) is 3.55. The number of rotatable bonds is 2. The Morgan fingerprint density at radius 2 is 2.06 bits per heavy atom. The number of halogens is 3. The van der Waals surface area contributed by atoms with Crippen molar-refractivity contribution in [2.45, 2.75) is 6.92 Å². The van der Waals surface area contributed by atoms with Gasteiger partial charge in [-0.1, -0.05) is 17.7 Å². The lowest BCUT2D eigenvalue weighted by Gasteiger charge is -2.13. The Hall–Kier alpha value is -1.26. The molecule has 0 spiro atoms. The van der Waals surface area contributed by atoms with Gasteiger partial charge < -0.3 is 11.1 Å². The van der Waals surface area contributed by atoms with Gasteiger partial charge in [-0.05, 0) is 52.7 Å². The van der Waals surface area contributed by atoms with Gasteiger partial charge in [0, 0.05) is 10.2 Å². The maximum atomic E-state index is 13.7. The van der Waals surface area contributed by atoms with Crippen LogP contribution in [0.5, 0.6) is 0 Å². The molecule has 3 N–H and O–H groups in total. The van der Waals surface area contributed by atoms with Crippen molar-refractivity contribution in [2.24, 2.45) is 0 Å². The fourth-order valence-electron chi connectivity index (χ4n) is 1.59. The number of anilines is 3. The van der Waals surface area contributed by atoms with Crippen molar-refractivity contribution in [3.8, 4) is 0 Å². The Bertz CT molecular complexity index is 582. The van der Waals surface area contributed by atoms with Crippen LogP contribution in [0, 0.1) is 12.7 Å². The summed E-state index contributed by atoms with van der Waals surface area (Å²) in [6.07, 6.45) is 0. The third kappa shape index (κ3) is 2.60. The second-order valence-electron chi connectivity index (χ2n) is 3.91. The minimum absolute atomic E-state index is 0.336. The summed E-state index contributed by atoms with van der Waals surface area (Å²) in [5, 5.41) is 3.46. The minimum Gasteiger partial charge on any atom is -0.398 e. The van der Waals surface area contributed by atoms with Gasteiger partial charge in [-0.15, -0.1) is 0 Å². The lowest BCUT2D eigenvalue weighted by Crippen LogP contribution is -1.98. The first-order valence-corrected chi connectivity index (χ1v) is 6.43. The number of nitrogens with two attached hydrogens (primary N) is 1. The molecule has 0 bridgehead atoms. The molecular weight excluding hydrogens is 319 g/mol. The zero-order valence-electron chi connectivity index (χ0n) is 9.60. The first-order valence-electron chi connectivity index (χ1n) is 5.25. The molecule has 0 aromatic heterocycles. The molecule has 94 valence electrons. The topological polar surface area (TPSA) is 38.0 Å². The van der Waals surface area contributed by atoms with E-state index in [1.807, 2.05) is 6.92 Å². The quantitative estimate of drug-likeness (QED) is 0.771. The maximum Gasteiger partial charge on any atom is 0.147 e. The molecule has 0 aliphatic carbocycles. The largest absolute Gasteiger partial charge is 0.398 e. The predicted molar refractivity (Wildman–Crippen MR) is 78.0 cm³/mol. The summed E-state index contributed by atoms with van der Waals surface area (Å²) in [5.74, 6) is -0.336. The highest BCUT2D eigenvalue weighted by atomic mass is 79.9. The molecule has 0 unspecified atom stereocenters. The molecule has 18 heavy (non-hydrogen) atoms. The average Bonchev–Trinajstić information content (AvgIpc) is 2.30. The number of para-hydroxylation sites is 1. The van der Waals surface area contributed by atoms with E-state index in [9.17, 15) is 4.39 Å². The second kappa shape index (κ2) is 5.16. The molecule has 0 amide bonds. The monoisotopic (exact) mass is 328 g/mol. The van der Waals surface area contributed by atoms with Crippen LogP contribution in [-0.2, 0) is 0 Å². The van der Waals surface area contributed by atoms with Crippen LogP contribution in [0.25, 0.3) is 0 Å². The lowest BCUT2D eigenvalue weighted by atomic mass is 10.1. The van der Waals surface area contributed by atoms with Crippen LogP contribution < -0.4 is 11.1 Å². The molecule has 0 radical (unpaired) electrons. The maximum absolute atomic E-state index is 13.7. The molecule has 0 heterocycles. The summed E-state index contributed by atoms with van der Waals surface area (Å²) >= 11 is 9.26. The summed E-state index contributed by atoms with van der Waals surface area (Å²) in [7, 11) is 0. The van der Waals surface area contributed by atoms with Gasteiger partial charge in [-0.3, -0.25) is 0 Å².